The molecule has 0 unspecified atom stereocenters. The first kappa shape index (κ1) is 12.2. The molecule has 0 atom stereocenters. The summed E-state index contributed by atoms with van der Waals surface area (Å²) >= 11 is 0. The van der Waals surface area contributed by atoms with Gasteiger partial charge in [0.1, 0.15) is 23.6 Å². The largest absolute Gasteiger partial charge is 0.494 e. The molecule has 1 aromatic carbocycles. The van der Waals surface area contributed by atoms with Crippen LogP contribution in [0.2, 0.25) is 0 Å². The van der Waals surface area contributed by atoms with Crippen LogP contribution in [0.3, 0.4) is 0 Å². The molecule has 0 saturated heterocycles. The molecule has 0 aliphatic carbocycles. The molecule has 5 nitrogen and oxygen atoms in total. The van der Waals surface area contributed by atoms with E-state index in [1.165, 1.54) is 6.33 Å². The minimum Gasteiger partial charge on any atom is -0.494 e. The first-order valence-corrected chi connectivity index (χ1v) is 5.68. The Balaban J connectivity index is 2.16. The molecule has 1 heterocycles. The number of nitrogen functional groups attached to an aromatic ring is 1. The van der Waals surface area contributed by atoms with Crippen molar-refractivity contribution < 1.29 is 9.47 Å². The molecule has 0 saturated carbocycles. The van der Waals surface area contributed by atoms with Gasteiger partial charge in [-0.25, -0.2) is 9.97 Å². The third kappa shape index (κ3) is 2.68. The van der Waals surface area contributed by atoms with Crippen LogP contribution in [0.1, 0.15) is 12.5 Å². The number of nitrogens with zero attached hydrogens (tertiary/aromatic N) is 2. The summed E-state index contributed by atoms with van der Waals surface area (Å²) in [6.07, 6.45) is 1.38. The Morgan fingerprint density at radius 3 is 2.44 bits per heavy atom. The smallest absolute Gasteiger partial charge is 0.227 e. The Labute approximate surface area is 106 Å². The number of anilines is 1. The summed E-state index contributed by atoms with van der Waals surface area (Å²) in [5, 5.41) is 0. The van der Waals surface area contributed by atoms with Crippen LogP contribution in [-0.2, 0) is 0 Å². The average molecular weight is 245 g/mol. The van der Waals surface area contributed by atoms with Crippen molar-refractivity contribution >= 4 is 5.82 Å². The van der Waals surface area contributed by atoms with E-state index >= 15 is 0 Å². The number of hydrogen-bond donors (Lipinski definition) is 1. The predicted octanol–water partition coefficient (Wildman–Crippen LogP) is 2.56. The second-order valence-electron chi connectivity index (χ2n) is 3.70. The molecule has 2 rings (SSSR count). The number of hydrogen-bond acceptors (Lipinski definition) is 5. The molecule has 1 aromatic heterocycles. The maximum Gasteiger partial charge on any atom is 0.227 e. The highest BCUT2D eigenvalue weighted by Gasteiger charge is 2.06. The van der Waals surface area contributed by atoms with Crippen LogP contribution in [0.15, 0.2) is 30.6 Å². The second-order valence-corrected chi connectivity index (χ2v) is 3.70. The summed E-state index contributed by atoms with van der Waals surface area (Å²) in [5.41, 5.74) is 6.41. The zero-order valence-electron chi connectivity index (χ0n) is 10.4. The number of nitrogens with two attached hydrogens (primary N) is 1. The SMILES string of the molecule is CCOc1ccc(Oc2ncnc(N)c2C)cc1. The molecule has 0 aliphatic rings. The van der Waals surface area contributed by atoms with Crippen molar-refractivity contribution in [1.29, 1.82) is 0 Å². The monoisotopic (exact) mass is 245 g/mol. The van der Waals surface area contributed by atoms with E-state index in [1.807, 2.05) is 38.1 Å². The van der Waals surface area contributed by atoms with Gasteiger partial charge < -0.3 is 15.2 Å². The lowest BCUT2D eigenvalue weighted by atomic mass is 10.3. The first-order valence-electron chi connectivity index (χ1n) is 5.68. The Morgan fingerprint density at radius 1 is 1.11 bits per heavy atom. The number of ether oxygens (including phenoxy) is 2. The lowest BCUT2D eigenvalue weighted by Gasteiger charge is -2.09. The third-order valence-corrected chi connectivity index (χ3v) is 2.43. The molecule has 0 radical (unpaired) electrons. The average Bonchev–Trinajstić information content (AvgIpc) is 2.38. The lowest BCUT2D eigenvalue weighted by molar-refractivity contribution is 0.339. The standard InChI is InChI=1S/C13H15N3O2/c1-3-17-10-4-6-11(7-5-10)18-13-9(2)12(14)15-8-16-13/h4-8H,3H2,1-2H3,(H2,14,15,16). The Bertz CT molecular complexity index is 526. The molecular weight excluding hydrogens is 230 g/mol. The van der Waals surface area contributed by atoms with Crippen molar-refractivity contribution in [2.24, 2.45) is 0 Å². The van der Waals surface area contributed by atoms with E-state index in [-0.39, 0.29) is 0 Å². The molecule has 0 bridgehead atoms. The van der Waals surface area contributed by atoms with Crippen LogP contribution in [0.5, 0.6) is 17.4 Å². The number of benzene rings is 1. The fourth-order valence-corrected chi connectivity index (χ4v) is 1.43. The summed E-state index contributed by atoms with van der Waals surface area (Å²) < 4.78 is 11.0. The summed E-state index contributed by atoms with van der Waals surface area (Å²) in [6.45, 7) is 4.40. The number of aromatic nitrogens is 2. The van der Waals surface area contributed by atoms with Gasteiger partial charge in [-0.15, -0.1) is 0 Å². The zero-order valence-corrected chi connectivity index (χ0v) is 10.4. The Hall–Kier alpha value is -2.30. The Morgan fingerprint density at radius 2 is 1.78 bits per heavy atom. The van der Waals surface area contributed by atoms with Crippen molar-refractivity contribution in [1.82, 2.24) is 9.97 Å². The van der Waals surface area contributed by atoms with Gasteiger partial charge in [0.25, 0.3) is 0 Å². The van der Waals surface area contributed by atoms with Crippen molar-refractivity contribution in [2.45, 2.75) is 13.8 Å². The molecular formula is C13H15N3O2. The van der Waals surface area contributed by atoms with Gasteiger partial charge in [-0.05, 0) is 38.1 Å². The second kappa shape index (κ2) is 5.35. The number of rotatable bonds is 4. The minimum atomic E-state index is 0.422. The van der Waals surface area contributed by atoms with E-state index in [4.69, 9.17) is 15.2 Å². The van der Waals surface area contributed by atoms with Gasteiger partial charge >= 0.3 is 0 Å². The van der Waals surface area contributed by atoms with Crippen molar-refractivity contribution in [3.8, 4) is 17.4 Å². The van der Waals surface area contributed by atoms with E-state index in [9.17, 15) is 0 Å². The molecule has 94 valence electrons. The summed E-state index contributed by atoms with van der Waals surface area (Å²) in [6, 6.07) is 7.34. The maximum absolute atomic E-state index is 5.69. The van der Waals surface area contributed by atoms with Crippen LogP contribution >= 0.6 is 0 Å². The van der Waals surface area contributed by atoms with Crippen molar-refractivity contribution in [3.05, 3.63) is 36.2 Å². The molecule has 2 N–H and O–H groups in total. The van der Waals surface area contributed by atoms with Crippen LogP contribution in [0, 0.1) is 6.92 Å². The van der Waals surface area contributed by atoms with Gasteiger partial charge in [0, 0.05) is 0 Å². The van der Waals surface area contributed by atoms with Crippen molar-refractivity contribution in [2.75, 3.05) is 12.3 Å². The topological polar surface area (TPSA) is 70.3 Å². The molecule has 18 heavy (non-hydrogen) atoms. The fraction of sp³-hybridized carbons (Fsp3) is 0.231. The molecule has 5 heteroatoms. The highest BCUT2D eigenvalue weighted by atomic mass is 16.5. The van der Waals surface area contributed by atoms with Gasteiger partial charge in [-0.1, -0.05) is 0 Å². The lowest BCUT2D eigenvalue weighted by Crippen LogP contribution is -1.99. The molecule has 0 amide bonds. The predicted molar refractivity (Wildman–Crippen MR) is 68.9 cm³/mol. The highest BCUT2D eigenvalue weighted by molar-refractivity contribution is 5.45. The van der Waals surface area contributed by atoms with Crippen LogP contribution in [0.4, 0.5) is 5.82 Å². The first-order chi connectivity index (χ1) is 8.70. The highest BCUT2D eigenvalue weighted by Crippen LogP contribution is 2.26. The van der Waals surface area contributed by atoms with E-state index in [0.717, 1.165) is 11.3 Å². The Kier molecular flexibility index (Phi) is 3.62. The quantitative estimate of drug-likeness (QED) is 0.896. The molecule has 0 spiro atoms. The molecule has 2 aromatic rings. The van der Waals surface area contributed by atoms with Gasteiger partial charge in [0.2, 0.25) is 5.88 Å². The third-order valence-electron chi connectivity index (χ3n) is 2.43. The van der Waals surface area contributed by atoms with E-state index in [2.05, 4.69) is 9.97 Å². The minimum absolute atomic E-state index is 0.422. The van der Waals surface area contributed by atoms with Crippen LogP contribution in [0.25, 0.3) is 0 Å². The summed E-state index contributed by atoms with van der Waals surface area (Å²) in [4.78, 5) is 7.93. The van der Waals surface area contributed by atoms with Crippen molar-refractivity contribution in [3.63, 3.8) is 0 Å². The van der Waals surface area contributed by atoms with Gasteiger partial charge in [-0.3, -0.25) is 0 Å². The summed E-state index contributed by atoms with van der Waals surface area (Å²) in [5.74, 6) is 2.38. The molecule has 0 fully saturated rings. The van der Waals surface area contributed by atoms with Gasteiger partial charge in [-0.2, -0.15) is 0 Å². The zero-order chi connectivity index (χ0) is 13.0. The van der Waals surface area contributed by atoms with E-state index in [0.29, 0.717) is 24.1 Å². The van der Waals surface area contributed by atoms with Crippen LogP contribution < -0.4 is 15.2 Å². The van der Waals surface area contributed by atoms with E-state index < -0.39 is 0 Å². The van der Waals surface area contributed by atoms with Gasteiger partial charge in [0.15, 0.2) is 0 Å². The van der Waals surface area contributed by atoms with Gasteiger partial charge in [0.05, 0.1) is 12.2 Å². The maximum atomic E-state index is 5.69. The fourth-order valence-electron chi connectivity index (χ4n) is 1.43. The van der Waals surface area contributed by atoms with Crippen LogP contribution in [-0.4, -0.2) is 16.6 Å². The molecule has 0 aliphatic heterocycles. The normalized spacial score (nSPS) is 10.1. The summed E-state index contributed by atoms with van der Waals surface area (Å²) in [7, 11) is 0. The van der Waals surface area contributed by atoms with E-state index in [1.54, 1.807) is 0 Å².